The van der Waals surface area contributed by atoms with Gasteiger partial charge in [0.25, 0.3) is 0 Å². The van der Waals surface area contributed by atoms with Gasteiger partial charge in [-0.25, -0.2) is 0 Å². The zero-order chi connectivity index (χ0) is 18.4. The van der Waals surface area contributed by atoms with Crippen LogP contribution in [0, 0.1) is 6.92 Å². The zero-order valence-electron chi connectivity index (χ0n) is 14.9. The van der Waals surface area contributed by atoms with Gasteiger partial charge in [0.1, 0.15) is 11.5 Å². The van der Waals surface area contributed by atoms with E-state index >= 15 is 0 Å². The molecule has 0 fully saturated rings. The molecule has 0 unspecified atom stereocenters. The number of amides is 1. The molecule has 25 heavy (non-hydrogen) atoms. The molecule has 0 saturated heterocycles. The molecule has 0 saturated carbocycles. The van der Waals surface area contributed by atoms with Crippen LogP contribution >= 0.6 is 15.9 Å². The largest absolute Gasteiger partial charge is 0.497 e. The Morgan fingerprint density at radius 2 is 1.92 bits per heavy atom. The zero-order valence-corrected chi connectivity index (χ0v) is 16.5. The average molecular weight is 407 g/mol. The van der Waals surface area contributed by atoms with Gasteiger partial charge >= 0.3 is 0 Å². The van der Waals surface area contributed by atoms with E-state index in [0.717, 1.165) is 32.8 Å². The van der Waals surface area contributed by atoms with Crippen molar-refractivity contribution in [3.63, 3.8) is 0 Å². The number of rotatable bonds is 7. The first-order chi connectivity index (χ1) is 11.9. The van der Waals surface area contributed by atoms with E-state index in [1.807, 2.05) is 55.3 Å². The number of anilines is 1. The molecule has 2 aromatic carbocycles. The van der Waals surface area contributed by atoms with Gasteiger partial charge in [-0.3, -0.25) is 9.69 Å². The molecular weight excluding hydrogens is 384 g/mol. The van der Waals surface area contributed by atoms with E-state index in [1.165, 1.54) is 0 Å². The Kier molecular flexibility index (Phi) is 6.84. The summed E-state index contributed by atoms with van der Waals surface area (Å²) in [6.07, 6.45) is 0. The quantitative estimate of drug-likeness (QED) is 0.758. The molecule has 5 nitrogen and oxygen atoms in total. The molecular formula is C19H23BrN2O3. The van der Waals surface area contributed by atoms with Gasteiger partial charge < -0.3 is 14.8 Å². The molecule has 0 aliphatic carbocycles. The highest BCUT2D eigenvalue weighted by Gasteiger charge is 2.12. The van der Waals surface area contributed by atoms with E-state index in [1.54, 1.807) is 14.2 Å². The molecule has 0 radical (unpaired) electrons. The van der Waals surface area contributed by atoms with Crippen molar-refractivity contribution in [2.75, 3.05) is 33.1 Å². The summed E-state index contributed by atoms with van der Waals surface area (Å²) in [7, 11) is 5.16. The highest BCUT2D eigenvalue weighted by atomic mass is 79.9. The van der Waals surface area contributed by atoms with E-state index in [9.17, 15) is 4.79 Å². The van der Waals surface area contributed by atoms with Crippen LogP contribution in [0.25, 0.3) is 0 Å². The number of nitrogens with zero attached hydrogens (tertiary/aromatic N) is 1. The first kappa shape index (κ1) is 19.3. The molecule has 0 bridgehead atoms. The highest BCUT2D eigenvalue weighted by Crippen LogP contribution is 2.25. The van der Waals surface area contributed by atoms with Crippen molar-refractivity contribution in [3.05, 3.63) is 52.0 Å². The molecule has 2 aromatic rings. The maximum atomic E-state index is 12.3. The predicted octanol–water partition coefficient (Wildman–Crippen LogP) is 3.85. The van der Waals surface area contributed by atoms with Crippen LogP contribution < -0.4 is 14.8 Å². The van der Waals surface area contributed by atoms with E-state index in [4.69, 9.17) is 9.47 Å². The number of methoxy groups -OCH3 is 2. The molecule has 0 aromatic heterocycles. The van der Waals surface area contributed by atoms with Gasteiger partial charge in [-0.05, 0) is 55.9 Å². The van der Waals surface area contributed by atoms with Crippen molar-refractivity contribution < 1.29 is 14.3 Å². The minimum Gasteiger partial charge on any atom is -0.497 e. The van der Waals surface area contributed by atoms with Crippen molar-refractivity contribution in [2.24, 2.45) is 0 Å². The molecule has 0 spiro atoms. The summed E-state index contributed by atoms with van der Waals surface area (Å²) in [6, 6.07) is 11.4. The minimum atomic E-state index is -0.0604. The lowest BCUT2D eigenvalue weighted by Gasteiger charge is -2.19. The Hall–Kier alpha value is -2.05. The van der Waals surface area contributed by atoms with Crippen LogP contribution in [0.2, 0.25) is 0 Å². The molecule has 0 aliphatic rings. The predicted molar refractivity (Wildman–Crippen MR) is 103 cm³/mol. The number of aryl methyl sites for hydroxylation is 1. The molecule has 1 N–H and O–H groups in total. The van der Waals surface area contributed by atoms with Gasteiger partial charge in [-0.15, -0.1) is 0 Å². The standard InChI is InChI=1S/C19H23BrN2O3/c1-13-9-15(20)5-7-17(13)21-19(23)12-22(2)11-14-10-16(24-3)6-8-18(14)25-4/h5-10H,11-12H2,1-4H3,(H,21,23). The second-order valence-electron chi connectivity index (χ2n) is 5.86. The maximum absolute atomic E-state index is 12.3. The number of carbonyl (C=O) groups is 1. The summed E-state index contributed by atoms with van der Waals surface area (Å²) in [5, 5.41) is 2.95. The van der Waals surface area contributed by atoms with Gasteiger partial charge in [-0.1, -0.05) is 15.9 Å². The summed E-state index contributed by atoms with van der Waals surface area (Å²) < 4.78 is 11.6. The van der Waals surface area contributed by atoms with Crippen LogP contribution in [-0.2, 0) is 11.3 Å². The van der Waals surface area contributed by atoms with Crippen molar-refractivity contribution in [2.45, 2.75) is 13.5 Å². The van der Waals surface area contributed by atoms with Crippen LogP contribution in [0.15, 0.2) is 40.9 Å². The van der Waals surface area contributed by atoms with Crippen molar-refractivity contribution in [1.82, 2.24) is 4.90 Å². The van der Waals surface area contributed by atoms with Crippen LogP contribution in [0.1, 0.15) is 11.1 Å². The third-order valence-corrected chi connectivity index (χ3v) is 4.30. The summed E-state index contributed by atoms with van der Waals surface area (Å²) in [4.78, 5) is 14.2. The first-order valence-corrected chi connectivity index (χ1v) is 8.67. The van der Waals surface area contributed by atoms with Gasteiger partial charge in [0, 0.05) is 22.3 Å². The molecule has 0 atom stereocenters. The number of benzene rings is 2. The molecule has 0 heterocycles. The smallest absolute Gasteiger partial charge is 0.238 e. The number of halogens is 1. The number of nitrogens with one attached hydrogen (secondary N) is 1. The Morgan fingerprint density at radius 1 is 1.16 bits per heavy atom. The average Bonchev–Trinajstić information content (AvgIpc) is 2.57. The lowest BCUT2D eigenvalue weighted by atomic mass is 10.1. The Labute approximate surface area is 157 Å². The Balaban J connectivity index is 1.99. The minimum absolute atomic E-state index is 0.0604. The lowest BCUT2D eigenvalue weighted by Crippen LogP contribution is -2.30. The van der Waals surface area contributed by atoms with Crippen LogP contribution in [0.3, 0.4) is 0 Å². The highest BCUT2D eigenvalue weighted by molar-refractivity contribution is 9.10. The molecule has 0 aliphatic heterocycles. The number of ether oxygens (including phenoxy) is 2. The lowest BCUT2D eigenvalue weighted by molar-refractivity contribution is -0.117. The fourth-order valence-electron chi connectivity index (χ4n) is 2.55. The van der Waals surface area contributed by atoms with Gasteiger partial charge in [0.15, 0.2) is 0 Å². The third-order valence-electron chi connectivity index (χ3n) is 3.80. The van der Waals surface area contributed by atoms with Gasteiger partial charge in [0.05, 0.1) is 20.8 Å². The third kappa shape index (κ3) is 5.47. The fourth-order valence-corrected chi connectivity index (χ4v) is 3.03. The van der Waals surface area contributed by atoms with Gasteiger partial charge in [-0.2, -0.15) is 0 Å². The maximum Gasteiger partial charge on any atom is 0.238 e. The molecule has 2 rings (SSSR count). The summed E-state index contributed by atoms with van der Waals surface area (Å²) in [5.74, 6) is 1.48. The molecule has 134 valence electrons. The summed E-state index contributed by atoms with van der Waals surface area (Å²) in [5.41, 5.74) is 2.80. The fraction of sp³-hybridized carbons (Fsp3) is 0.316. The van der Waals surface area contributed by atoms with Crippen molar-refractivity contribution >= 4 is 27.5 Å². The first-order valence-electron chi connectivity index (χ1n) is 7.88. The monoisotopic (exact) mass is 406 g/mol. The number of hydrogen-bond acceptors (Lipinski definition) is 4. The molecule has 6 heteroatoms. The normalized spacial score (nSPS) is 10.6. The summed E-state index contributed by atoms with van der Waals surface area (Å²) >= 11 is 3.42. The van der Waals surface area contributed by atoms with Gasteiger partial charge in [0.2, 0.25) is 5.91 Å². The SMILES string of the molecule is COc1ccc(OC)c(CN(C)CC(=O)Nc2ccc(Br)cc2C)c1. The van der Waals surface area contributed by atoms with Crippen molar-refractivity contribution in [3.8, 4) is 11.5 Å². The molecule has 1 amide bonds. The topological polar surface area (TPSA) is 50.8 Å². The van der Waals surface area contributed by atoms with Crippen LogP contribution in [0.4, 0.5) is 5.69 Å². The number of carbonyl (C=O) groups excluding carboxylic acids is 1. The summed E-state index contributed by atoms with van der Waals surface area (Å²) in [6.45, 7) is 2.81. The number of likely N-dealkylation sites (N-methyl/N-ethyl adjacent to an activating group) is 1. The van der Waals surface area contributed by atoms with Crippen molar-refractivity contribution in [1.29, 1.82) is 0 Å². The van der Waals surface area contributed by atoms with Crippen LogP contribution in [-0.4, -0.2) is 38.6 Å². The number of hydrogen-bond donors (Lipinski definition) is 1. The van der Waals surface area contributed by atoms with E-state index in [-0.39, 0.29) is 12.5 Å². The second-order valence-corrected chi connectivity index (χ2v) is 6.77. The Bertz CT molecular complexity index is 749. The van der Waals surface area contributed by atoms with E-state index < -0.39 is 0 Å². The second kappa shape index (κ2) is 8.87. The van der Waals surface area contributed by atoms with Crippen LogP contribution in [0.5, 0.6) is 11.5 Å². The van der Waals surface area contributed by atoms with E-state index in [0.29, 0.717) is 6.54 Å². The Morgan fingerprint density at radius 3 is 2.56 bits per heavy atom. The van der Waals surface area contributed by atoms with E-state index in [2.05, 4.69) is 21.2 Å².